The Bertz CT molecular complexity index is 1630. The molecule has 0 saturated heterocycles. The molecule has 0 radical (unpaired) electrons. The Balaban J connectivity index is 0.000000278. The molecule has 2 aliphatic rings. The van der Waals surface area contributed by atoms with E-state index < -0.39 is 0 Å². The van der Waals surface area contributed by atoms with Gasteiger partial charge in [-0.15, -0.1) is 23.1 Å². The van der Waals surface area contributed by atoms with Gasteiger partial charge in [-0.1, -0.05) is 71.6 Å². The third-order valence-corrected chi connectivity index (χ3v) is 9.77. The van der Waals surface area contributed by atoms with Crippen LogP contribution in [0.15, 0.2) is 85.0 Å². The summed E-state index contributed by atoms with van der Waals surface area (Å²) in [5, 5.41) is 0.796. The predicted molar refractivity (Wildman–Crippen MR) is 188 cm³/mol. The maximum atomic E-state index is 6.00. The van der Waals surface area contributed by atoms with Crippen molar-refractivity contribution in [2.24, 2.45) is 0 Å². The smallest absolute Gasteiger partial charge is 0.109 e. The minimum atomic E-state index is 0. The van der Waals surface area contributed by atoms with Gasteiger partial charge >= 0.3 is 116 Å². The summed E-state index contributed by atoms with van der Waals surface area (Å²) in [5.41, 5.74) is 15.4. The maximum absolute atomic E-state index is 6.00. The number of allylic oxidation sites excluding steroid dienone is 4. The molecule has 0 amide bonds. The Kier molecular flexibility index (Phi) is 14.7. The second-order valence-electron chi connectivity index (χ2n) is 14.0. The number of hydrogen-bond donors (Lipinski definition) is 0. The number of fused-ring (bicyclic) bond motifs is 3. The molecule has 0 bridgehead atoms. The summed E-state index contributed by atoms with van der Waals surface area (Å²) < 4.78 is 1.34. The van der Waals surface area contributed by atoms with Gasteiger partial charge in [0, 0.05) is 0 Å². The zero-order valence-electron chi connectivity index (χ0n) is 28.6. The molecule has 0 spiro atoms. The van der Waals surface area contributed by atoms with Gasteiger partial charge in [-0.25, -0.2) is 12.2 Å². The molecule has 0 atom stereocenters. The minimum absolute atomic E-state index is 0. The van der Waals surface area contributed by atoms with E-state index in [0.29, 0.717) is 0 Å². The van der Waals surface area contributed by atoms with E-state index >= 15 is 0 Å². The van der Waals surface area contributed by atoms with Gasteiger partial charge in [-0.2, -0.15) is 23.8 Å². The zero-order valence-corrected chi connectivity index (χ0v) is 33.4. The summed E-state index contributed by atoms with van der Waals surface area (Å²) in [4.78, 5) is 0. The van der Waals surface area contributed by atoms with Crippen LogP contribution in [0.3, 0.4) is 0 Å². The first-order chi connectivity index (χ1) is 20.6. The predicted octanol–water partition coefficient (Wildman–Crippen LogP) is 5.35. The summed E-state index contributed by atoms with van der Waals surface area (Å²) in [6.07, 6.45) is 11.0. The van der Waals surface area contributed by atoms with Crippen LogP contribution >= 0.6 is 11.6 Å². The molecule has 0 N–H and O–H groups in total. The van der Waals surface area contributed by atoms with Crippen LogP contribution in [0.1, 0.15) is 98.0 Å². The van der Waals surface area contributed by atoms with Crippen molar-refractivity contribution in [3.8, 4) is 11.1 Å². The molecule has 4 aromatic carbocycles. The van der Waals surface area contributed by atoms with Crippen LogP contribution in [-0.4, -0.2) is 3.21 Å². The quantitative estimate of drug-likeness (QED) is 0.214. The van der Waals surface area contributed by atoms with E-state index in [9.17, 15) is 0 Å². The second-order valence-corrected chi connectivity index (χ2v) is 15.6. The SMILES string of the molecule is Cc1[c-]c2c(cc1C(C)(C)C)-c1cc(C(C)(C)C)c(C)cc1C2.Cc1ccc([C](=[Zr+2])c2cccc(Cl)c2)cc1.[C-]1=CC=CC1.[Cl-].[Cl-]. The minimum Gasteiger partial charge on any atom is -1.00 e. The Hall–Kier alpha value is -2.02. The first-order valence-corrected chi connectivity index (χ1v) is 17.1. The fourth-order valence-electron chi connectivity index (χ4n) is 5.89. The van der Waals surface area contributed by atoms with Gasteiger partial charge in [-0.05, 0) is 35.4 Å². The van der Waals surface area contributed by atoms with Crippen LogP contribution < -0.4 is 24.8 Å². The molecule has 0 unspecified atom stereocenters. The van der Waals surface area contributed by atoms with E-state index in [1.54, 1.807) is 0 Å². The van der Waals surface area contributed by atoms with Crippen LogP contribution in [0.25, 0.3) is 11.1 Å². The van der Waals surface area contributed by atoms with Crippen LogP contribution in [0, 0.1) is 32.9 Å². The molecule has 240 valence electrons. The average molecular weight is 747 g/mol. The van der Waals surface area contributed by atoms with Crippen LogP contribution in [-0.2, 0) is 41.5 Å². The number of rotatable bonds is 2. The molecule has 0 saturated carbocycles. The van der Waals surface area contributed by atoms with Crippen molar-refractivity contribution in [3.63, 3.8) is 0 Å². The Morgan fingerprint density at radius 3 is 1.91 bits per heavy atom. The summed E-state index contributed by atoms with van der Waals surface area (Å²) in [6.45, 7) is 20.3. The van der Waals surface area contributed by atoms with E-state index in [1.165, 1.54) is 88.6 Å². The van der Waals surface area contributed by atoms with Gasteiger partial charge in [0.05, 0.1) is 0 Å². The van der Waals surface area contributed by atoms with Crippen molar-refractivity contribution in [3.05, 3.63) is 152 Å². The molecule has 4 heteroatoms. The molecule has 4 aromatic rings. The summed E-state index contributed by atoms with van der Waals surface area (Å²) in [7, 11) is 0. The third-order valence-electron chi connectivity index (χ3n) is 8.12. The molecule has 6 rings (SSSR count). The Morgan fingerprint density at radius 2 is 1.39 bits per heavy atom. The standard InChI is InChI=1S/C23H29.C14H11Cl.C5H5.2ClH.Zr/c1-14-9-16-11-17-10-15(2)21(23(6,7)8)13-19(17)18(16)12-20(14)22(3,4)5;1-11-5-7-12(8-6-11)9-13-3-2-4-14(15)10-13;1-2-4-5-3-1;;;/h9,12-13H,11H2,1-8H3;2-8,10H,1H3;1-3H,4H2;2*1H;/q-1;;-1;;;+2/p-2. The topological polar surface area (TPSA) is 0 Å². The fraction of sp³-hybridized carbons (Fsp3) is 0.310. The average Bonchev–Trinajstić information content (AvgIpc) is 3.63. The van der Waals surface area contributed by atoms with E-state index in [2.05, 4.69) is 129 Å². The van der Waals surface area contributed by atoms with Gasteiger partial charge in [-0.3, -0.25) is 6.08 Å². The second kappa shape index (κ2) is 16.9. The van der Waals surface area contributed by atoms with E-state index in [-0.39, 0.29) is 35.6 Å². The fourth-order valence-corrected chi connectivity index (χ4v) is 6.88. The van der Waals surface area contributed by atoms with E-state index in [4.69, 9.17) is 11.6 Å². The van der Waals surface area contributed by atoms with Crippen molar-refractivity contribution in [2.45, 2.75) is 86.0 Å². The molecule has 0 nitrogen and oxygen atoms in total. The molecule has 0 fully saturated rings. The Morgan fingerprint density at radius 1 is 0.761 bits per heavy atom. The normalized spacial score (nSPS) is 12.4. The molecule has 0 aromatic heterocycles. The summed E-state index contributed by atoms with van der Waals surface area (Å²) in [6, 6.07) is 27.6. The number of benzene rings is 4. The Labute approximate surface area is 310 Å². The molecule has 0 aliphatic heterocycles. The van der Waals surface area contributed by atoms with Gasteiger partial charge in [0.1, 0.15) is 0 Å². The van der Waals surface area contributed by atoms with Crippen molar-refractivity contribution in [2.75, 3.05) is 0 Å². The van der Waals surface area contributed by atoms with Gasteiger partial charge in [0.25, 0.3) is 0 Å². The van der Waals surface area contributed by atoms with Crippen LogP contribution in [0.5, 0.6) is 0 Å². The molecule has 2 aliphatic carbocycles. The number of halogens is 3. The summed E-state index contributed by atoms with van der Waals surface area (Å²) >= 11 is 7.40. The van der Waals surface area contributed by atoms with Crippen molar-refractivity contribution < 1.29 is 49.0 Å². The zero-order chi connectivity index (χ0) is 32.2. The molecule has 46 heavy (non-hydrogen) atoms. The first-order valence-electron chi connectivity index (χ1n) is 15.5. The molecule has 0 heterocycles. The van der Waals surface area contributed by atoms with Crippen molar-refractivity contribution in [1.82, 2.24) is 0 Å². The molecular weight excluding hydrogens is 702 g/mol. The maximum Gasteiger partial charge on any atom is -0.109 e. The van der Waals surface area contributed by atoms with Gasteiger partial charge in [0.2, 0.25) is 0 Å². The number of aryl methyl sites for hydroxylation is 3. The summed E-state index contributed by atoms with van der Waals surface area (Å²) in [5.74, 6) is 0. The van der Waals surface area contributed by atoms with Crippen molar-refractivity contribution >= 4 is 14.8 Å². The van der Waals surface area contributed by atoms with Gasteiger partial charge in [0.15, 0.2) is 0 Å². The van der Waals surface area contributed by atoms with Gasteiger partial charge < -0.3 is 24.8 Å². The number of hydrogen-bond acceptors (Lipinski definition) is 0. The third kappa shape index (κ3) is 10.2. The van der Waals surface area contributed by atoms with Crippen LogP contribution in [0.2, 0.25) is 5.02 Å². The van der Waals surface area contributed by atoms with Crippen molar-refractivity contribution in [1.29, 1.82) is 0 Å². The largest absolute Gasteiger partial charge is 1.00 e. The molecular formula is C42H45Cl3Zr-2. The first kappa shape index (κ1) is 40.2. The van der Waals surface area contributed by atoms with E-state index in [1.807, 2.05) is 30.4 Å². The van der Waals surface area contributed by atoms with E-state index in [0.717, 1.165) is 17.9 Å². The van der Waals surface area contributed by atoms with Crippen LogP contribution in [0.4, 0.5) is 0 Å². The monoisotopic (exact) mass is 744 g/mol.